The van der Waals surface area contributed by atoms with Crippen LogP contribution in [0, 0.1) is 11.3 Å². The Morgan fingerprint density at radius 2 is 2.26 bits per heavy atom. The summed E-state index contributed by atoms with van der Waals surface area (Å²) in [5, 5.41) is 11.1. The summed E-state index contributed by atoms with van der Waals surface area (Å²) in [7, 11) is 0. The Balaban J connectivity index is 1.80. The zero-order valence-corrected chi connectivity index (χ0v) is 10.3. The number of carbonyl (C=O) groups is 2. The number of rotatable bonds is 3. The second-order valence-electron chi connectivity index (χ2n) is 4.92. The Hall–Kier alpha value is -2.35. The molecule has 19 heavy (non-hydrogen) atoms. The van der Waals surface area contributed by atoms with Gasteiger partial charge in [-0.2, -0.15) is 5.26 Å². The highest BCUT2D eigenvalue weighted by atomic mass is 16.2. The molecule has 1 N–H and O–H groups in total. The fourth-order valence-electron chi connectivity index (χ4n) is 2.36. The molecule has 1 aromatic carbocycles. The maximum absolute atomic E-state index is 12.2. The van der Waals surface area contributed by atoms with E-state index in [1.165, 1.54) is 0 Å². The molecule has 0 saturated heterocycles. The minimum atomic E-state index is -0.355. The van der Waals surface area contributed by atoms with Gasteiger partial charge in [0.15, 0.2) is 0 Å². The number of nitrogens with one attached hydrogen (secondary N) is 1. The summed E-state index contributed by atoms with van der Waals surface area (Å²) in [6, 6.07) is 7.54. The van der Waals surface area contributed by atoms with E-state index in [2.05, 4.69) is 5.32 Å². The fourth-order valence-corrected chi connectivity index (χ4v) is 2.36. The molecule has 1 saturated carbocycles. The topological polar surface area (TPSA) is 73.2 Å². The van der Waals surface area contributed by atoms with Crippen LogP contribution < -0.4 is 5.32 Å². The van der Waals surface area contributed by atoms with E-state index in [-0.39, 0.29) is 18.2 Å². The first-order chi connectivity index (χ1) is 9.19. The average Bonchev–Trinajstić information content (AvgIpc) is 3.16. The molecular weight excluding hydrogens is 242 g/mol. The molecule has 96 valence electrons. The van der Waals surface area contributed by atoms with Crippen LogP contribution in [0.25, 0.3) is 0 Å². The van der Waals surface area contributed by atoms with Crippen molar-refractivity contribution < 1.29 is 9.59 Å². The van der Waals surface area contributed by atoms with Crippen molar-refractivity contribution in [2.75, 3.05) is 5.32 Å². The fraction of sp³-hybridized carbons (Fsp3) is 0.357. The minimum absolute atomic E-state index is 0.0499. The molecule has 3 rings (SSSR count). The van der Waals surface area contributed by atoms with Crippen LogP contribution in [0.2, 0.25) is 0 Å². The molecule has 1 heterocycles. The van der Waals surface area contributed by atoms with Crippen LogP contribution in [-0.4, -0.2) is 22.8 Å². The summed E-state index contributed by atoms with van der Waals surface area (Å²) in [5.41, 5.74) is 2.25. The van der Waals surface area contributed by atoms with Gasteiger partial charge in [0.1, 0.15) is 6.42 Å². The molecule has 1 aliphatic carbocycles. The summed E-state index contributed by atoms with van der Waals surface area (Å²) < 4.78 is 0. The van der Waals surface area contributed by atoms with E-state index in [1.807, 2.05) is 11.0 Å². The lowest BCUT2D eigenvalue weighted by atomic mass is 10.1. The average molecular weight is 255 g/mol. The Morgan fingerprint density at radius 3 is 2.95 bits per heavy atom. The van der Waals surface area contributed by atoms with E-state index in [1.54, 1.807) is 18.2 Å². The molecule has 0 bridgehead atoms. The van der Waals surface area contributed by atoms with Crippen molar-refractivity contribution in [2.24, 2.45) is 0 Å². The summed E-state index contributed by atoms with van der Waals surface area (Å²) in [5.74, 6) is -0.305. The Bertz CT molecular complexity index is 599. The summed E-state index contributed by atoms with van der Waals surface area (Å²) in [4.78, 5) is 25.4. The van der Waals surface area contributed by atoms with Crippen molar-refractivity contribution in [3.63, 3.8) is 0 Å². The monoisotopic (exact) mass is 255 g/mol. The van der Waals surface area contributed by atoms with E-state index < -0.39 is 0 Å². The summed E-state index contributed by atoms with van der Waals surface area (Å²) in [6.07, 6.45) is 2.00. The van der Waals surface area contributed by atoms with Crippen LogP contribution >= 0.6 is 0 Å². The lowest BCUT2D eigenvalue weighted by Crippen LogP contribution is -2.25. The molecule has 0 spiro atoms. The summed E-state index contributed by atoms with van der Waals surface area (Å²) >= 11 is 0. The van der Waals surface area contributed by atoms with Gasteiger partial charge in [0, 0.05) is 23.8 Å². The van der Waals surface area contributed by atoms with Crippen LogP contribution in [0.1, 0.15) is 35.2 Å². The number of nitrogens with zero attached hydrogens (tertiary/aromatic N) is 2. The Labute approximate surface area is 110 Å². The number of nitriles is 1. The molecule has 0 atom stereocenters. The molecule has 1 aromatic rings. The second-order valence-corrected chi connectivity index (χ2v) is 4.92. The van der Waals surface area contributed by atoms with Crippen LogP contribution in [0.4, 0.5) is 5.69 Å². The molecule has 1 fully saturated rings. The highest BCUT2D eigenvalue weighted by Crippen LogP contribution is 2.35. The molecule has 2 aliphatic rings. The number of carbonyl (C=O) groups excluding carboxylic acids is 2. The van der Waals surface area contributed by atoms with Gasteiger partial charge in [0.2, 0.25) is 5.91 Å². The van der Waals surface area contributed by atoms with Crippen molar-refractivity contribution >= 4 is 17.5 Å². The molecule has 1 aliphatic heterocycles. The van der Waals surface area contributed by atoms with E-state index >= 15 is 0 Å². The maximum Gasteiger partial charge on any atom is 0.254 e. The van der Waals surface area contributed by atoms with Gasteiger partial charge in [-0.1, -0.05) is 6.07 Å². The van der Waals surface area contributed by atoms with Gasteiger partial charge in [0.25, 0.3) is 5.91 Å². The van der Waals surface area contributed by atoms with Gasteiger partial charge in [-0.05, 0) is 30.5 Å². The molecular formula is C14H13N3O2. The number of benzene rings is 1. The van der Waals surface area contributed by atoms with Crippen molar-refractivity contribution in [3.8, 4) is 6.07 Å². The molecule has 0 aromatic heterocycles. The predicted molar refractivity (Wildman–Crippen MR) is 68.2 cm³/mol. The highest BCUT2D eigenvalue weighted by molar-refractivity contribution is 6.01. The lowest BCUT2D eigenvalue weighted by molar-refractivity contribution is -0.115. The van der Waals surface area contributed by atoms with Gasteiger partial charge < -0.3 is 10.2 Å². The van der Waals surface area contributed by atoms with E-state index in [4.69, 9.17) is 5.26 Å². The van der Waals surface area contributed by atoms with E-state index in [9.17, 15) is 9.59 Å². The second kappa shape index (κ2) is 4.39. The van der Waals surface area contributed by atoms with E-state index in [0.29, 0.717) is 23.8 Å². The normalized spacial score (nSPS) is 17.0. The van der Waals surface area contributed by atoms with Crippen LogP contribution in [0.3, 0.4) is 0 Å². The predicted octanol–water partition coefficient (Wildman–Crippen LogP) is 1.66. The smallest absolute Gasteiger partial charge is 0.254 e. The number of anilines is 1. The quantitative estimate of drug-likeness (QED) is 0.892. The summed E-state index contributed by atoms with van der Waals surface area (Å²) in [6.45, 7) is 0.672. The number of amides is 2. The first-order valence-corrected chi connectivity index (χ1v) is 6.30. The molecule has 5 nitrogen and oxygen atoms in total. The molecule has 2 amide bonds. The van der Waals surface area contributed by atoms with Crippen molar-refractivity contribution in [3.05, 3.63) is 29.3 Å². The van der Waals surface area contributed by atoms with Crippen molar-refractivity contribution in [1.29, 1.82) is 5.26 Å². The zero-order valence-electron chi connectivity index (χ0n) is 10.3. The Morgan fingerprint density at radius 1 is 1.47 bits per heavy atom. The first-order valence-electron chi connectivity index (χ1n) is 6.30. The molecule has 5 heteroatoms. The third kappa shape index (κ3) is 2.17. The number of hydrogen-bond acceptors (Lipinski definition) is 3. The third-order valence-corrected chi connectivity index (χ3v) is 3.45. The molecule has 0 radical (unpaired) electrons. The minimum Gasteiger partial charge on any atom is -0.331 e. The van der Waals surface area contributed by atoms with Gasteiger partial charge in [0.05, 0.1) is 6.07 Å². The molecule has 0 unspecified atom stereocenters. The maximum atomic E-state index is 12.2. The third-order valence-electron chi connectivity index (χ3n) is 3.45. The first kappa shape index (κ1) is 11.7. The SMILES string of the molecule is N#CCC(=O)Nc1ccc2c(c1)C(=O)N(C1CC1)C2. The lowest BCUT2D eigenvalue weighted by Gasteiger charge is -2.13. The highest BCUT2D eigenvalue weighted by Gasteiger charge is 2.38. The van der Waals surface area contributed by atoms with Gasteiger partial charge in [-0.15, -0.1) is 0 Å². The number of hydrogen-bond donors (Lipinski definition) is 1. The van der Waals surface area contributed by atoms with Crippen molar-refractivity contribution in [2.45, 2.75) is 31.8 Å². The van der Waals surface area contributed by atoms with Gasteiger partial charge in [-0.25, -0.2) is 0 Å². The van der Waals surface area contributed by atoms with Crippen LogP contribution in [0.15, 0.2) is 18.2 Å². The van der Waals surface area contributed by atoms with E-state index in [0.717, 1.165) is 18.4 Å². The number of fused-ring (bicyclic) bond motifs is 1. The van der Waals surface area contributed by atoms with Crippen LogP contribution in [-0.2, 0) is 11.3 Å². The Kier molecular flexibility index (Phi) is 2.71. The van der Waals surface area contributed by atoms with Crippen LogP contribution in [0.5, 0.6) is 0 Å². The standard InChI is InChI=1S/C14H13N3O2/c15-6-5-13(18)16-10-2-1-9-8-17(11-3-4-11)14(19)12(9)7-10/h1-2,7,11H,3-5,8H2,(H,16,18). The van der Waals surface area contributed by atoms with Gasteiger partial charge >= 0.3 is 0 Å². The van der Waals surface area contributed by atoms with Crippen molar-refractivity contribution in [1.82, 2.24) is 4.90 Å². The zero-order chi connectivity index (χ0) is 13.4. The largest absolute Gasteiger partial charge is 0.331 e. The van der Waals surface area contributed by atoms with Gasteiger partial charge in [-0.3, -0.25) is 9.59 Å².